The number of benzene rings is 1. The predicted octanol–water partition coefficient (Wildman–Crippen LogP) is 2.88. The molecule has 0 aromatic heterocycles. The molecular formula is C7H2BrClFNO3. The Kier molecular flexibility index (Phi) is 3.17. The van der Waals surface area contributed by atoms with Crippen molar-refractivity contribution in [1.82, 2.24) is 0 Å². The Morgan fingerprint density at radius 2 is 2.14 bits per heavy atom. The van der Waals surface area contributed by atoms with Crippen molar-refractivity contribution < 1.29 is 14.1 Å². The van der Waals surface area contributed by atoms with Crippen LogP contribution in [0.1, 0.15) is 10.4 Å². The first-order valence-electron chi connectivity index (χ1n) is 3.27. The van der Waals surface area contributed by atoms with Gasteiger partial charge in [-0.1, -0.05) is 0 Å². The molecule has 14 heavy (non-hydrogen) atoms. The van der Waals surface area contributed by atoms with Crippen LogP contribution in [0.25, 0.3) is 0 Å². The van der Waals surface area contributed by atoms with E-state index >= 15 is 0 Å². The van der Waals surface area contributed by atoms with Crippen LogP contribution < -0.4 is 0 Å². The Labute approximate surface area is 90.9 Å². The Hall–Kier alpha value is -1.01. The quantitative estimate of drug-likeness (QED) is 0.476. The summed E-state index contributed by atoms with van der Waals surface area (Å²) in [6.45, 7) is 0. The van der Waals surface area contributed by atoms with E-state index in [1.165, 1.54) is 0 Å². The summed E-state index contributed by atoms with van der Waals surface area (Å²) in [5.74, 6) is -1.01. The molecule has 74 valence electrons. The summed E-state index contributed by atoms with van der Waals surface area (Å²) in [4.78, 5) is 20.4. The number of carbonyl (C=O) groups is 1. The van der Waals surface area contributed by atoms with Gasteiger partial charge in [-0.2, -0.15) is 0 Å². The number of halogens is 3. The first kappa shape index (κ1) is 11.1. The number of nitrogens with zero attached hydrogens (tertiary/aromatic N) is 1. The van der Waals surface area contributed by atoms with E-state index in [-0.39, 0.29) is 4.47 Å². The number of carbonyl (C=O) groups excluding carboxylic acids is 1. The van der Waals surface area contributed by atoms with E-state index in [9.17, 15) is 19.3 Å². The topological polar surface area (TPSA) is 60.2 Å². The highest BCUT2D eigenvalue weighted by Crippen LogP contribution is 2.31. The molecule has 0 unspecified atom stereocenters. The van der Waals surface area contributed by atoms with Gasteiger partial charge < -0.3 is 0 Å². The lowest BCUT2D eigenvalue weighted by Gasteiger charge is -2.00. The summed E-state index contributed by atoms with van der Waals surface area (Å²) in [7, 11) is 0. The Bertz CT molecular complexity index is 385. The maximum Gasteiger partial charge on any atom is 0.298 e. The van der Waals surface area contributed by atoms with Gasteiger partial charge in [-0.3, -0.25) is 14.9 Å². The number of nitro groups is 1. The minimum atomic E-state index is -1.20. The predicted molar refractivity (Wildman–Crippen MR) is 50.9 cm³/mol. The second-order valence-corrected chi connectivity index (χ2v) is 3.48. The molecule has 1 aromatic rings. The molecule has 4 nitrogen and oxygen atoms in total. The molecule has 0 fully saturated rings. The van der Waals surface area contributed by atoms with E-state index in [0.717, 1.165) is 12.1 Å². The zero-order chi connectivity index (χ0) is 10.9. The maximum atomic E-state index is 13.0. The Balaban J connectivity index is 3.58. The van der Waals surface area contributed by atoms with Crippen molar-refractivity contribution in [2.75, 3.05) is 0 Å². The van der Waals surface area contributed by atoms with Gasteiger partial charge in [-0.15, -0.1) is 0 Å². The van der Waals surface area contributed by atoms with Crippen molar-refractivity contribution in [1.29, 1.82) is 0 Å². The van der Waals surface area contributed by atoms with Gasteiger partial charge in [-0.05, 0) is 39.7 Å². The highest BCUT2D eigenvalue weighted by atomic mass is 79.9. The van der Waals surface area contributed by atoms with E-state index in [0.29, 0.717) is 0 Å². The molecule has 0 heterocycles. The monoisotopic (exact) mass is 281 g/mol. The molecule has 0 radical (unpaired) electrons. The first-order chi connectivity index (χ1) is 6.45. The summed E-state index contributed by atoms with van der Waals surface area (Å²) in [5.41, 5.74) is -1.39. The average Bonchev–Trinajstić information content (AvgIpc) is 2.07. The molecule has 0 bridgehead atoms. The molecule has 1 rings (SSSR count). The van der Waals surface area contributed by atoms with Gasteiger partial charge in [0.15, 0.2) is 0 Å². The smallest absolute Gasteiger partial charge is 0.275 e. The van der Waals surface area contributed by atoms with E-state index in [1.54, 1.807) is 0 Å². The first-order valence-corrected chi connectivity index (χ1v) is 4.44. The summed E-state index contributed by atoms with van der Waals surface area (Å²) < 4.78 is 13.0. The van der Waals surface area contributed by atoms with Gasteiger partial charge in [-0.25, -0.2) is 4.39 Å². The maximum absolute atomic E-state index is 13.0. The number of hydrogen-bond acceptors (Lipinski definition) is 3. The van der Waals surface area contributed by atoms with Crippen LogP contribution in [0.3, 0.4) is 0 Å². The second-order valence-electron chi connectivity index (χ2n) is 2.28. The molecule has 0 aliphatic heterocycles. The van der Waals surface area contributed by atoms with Crippen LogP contribution in [0.5, 0.6) is 0 Å². The number of hydrogen-bond donors (Lipinski definition) is 0. The minimum absolute atomic E-state index is 0.00731. The largest absolute Gasteiger partial charge is 0.298 e. The SMILES string of the molecule is O=C(Cl)c1c(F)ccc(Br)c1[N+](=O)[O-]. The zero-order valence-electron chi connectivity index (χ0n) is 6.46. The highest BCUT2D eigenvalue weighted by molar-refractivity contribution is 9.10. The van der Waals surface area contributed by atoms with Crippen molar-refractivity contribution in [3.8, 4) is 0 Å². The normalized spacial score (nSPS) is 9.93. The summed E-state index contributed by atoms with van der Waals surface area (Å²) in [5, 5.41) is 9.30. The van der Waals surface area contributed by atoms with Crippen molar-refractivity contribution in [2.45, 2.75) is 0 Å². The molecule has 0 aliphatic rings. The molecule has 0 atom stereocenters. The second kappa shape index (κ2) is 4.02. The van der Waals surface area contributed by atoms with Crippen molar-refractivity contribution >= 4 is 38.5 Å². The minimum Gasteiger partial charge on any atom is -0.275 e. The molecule has 0 spiro atoms. The highest BCUT2D eigenvalue weighted by Gasteiger charge is 2.26. The average molecular weight is 282 g/mol. The molecule has 1 aromatic carbocycles. The third-order valence-electron chi connectivity index (χ3n) is 1.46. The third kappa shape index (κ3) is 1.91. The summed E-state index contributed by atoms with van der Waals surface area (Å²) in [6.07, 6.45) is 0. The lowest BCUT2D eigenvalue weighted by molar-refractivity contribution is -0.386. The van der Waals surface area contributed by atoms with Crippen LogP contribution in [0.2, 0.25) is 0 Å². The molecule has 0 aliphatic carbocycles. The number of rotatable bonds is 2. The molecular weight excluding hydrogens is 280 g/mol. The Morgan fingerprint density at radius 3 is 2.50 bits per heavy atom. The van der Waals surface area contributed by atoms with Crippen LogP contribution in [0.4, 0.5) is 10.1 Å². The van der Waals surface area contributed by atoms with Gasteiger partial charge in [0.05, 0.1) is 9.40 Å². The van der Waals surface area contributed by atoms with Crippen LogP contribution in [0, 0.1) is 15.9 Å². The molecule has 7 heteroatoms. The van der Waals surface area contributed by atoms with Crippen molar-refractivity contribution in [3.05, 3.63) is 38.1 Å². The van der Waals surface area contributed by atoms with Crippen molar-refractivity contribution in [3.63, 3.8) is 0 Å². The lowest BCUT2D eigenvalue weighted by Crippen LogP contribution is -2.02. The standard InChI is InChI=1S/C7H2BrClFNO3/c8-3-1-2-4(10)5(7(9)12)6(3)11(13)14/h1-2H. The fourth-order valence-electron chi connectivity index (χ4n) is 0.907. The fraction of sp³-hybridized carbons (Fsp3) is 0. The lowest BCUT2D eigenvalue weighted by atomic mass is 10.2. The van der Waals surface area contributed by atoms with Crippen LogP contribution in [-0.2, 0) is 0 Å². The van der Waals surface area contributed by atoms with E-state index in [2.05, 4.69) is 15.9 Å². The van der Waals surface area contributed by atoms with Crippen LogP contribution in [-0.4, -0.2) is 10.2 Å². The van der Waals surface area contributed by atoms with Crippen LogP contribution >= 0.6 is 27.5 Å². The van der Waals surface area contributed by atoms with E-state index < -0.39 is 27.2 Å². The zero-order valence-corrected chi connectivity index (χ0v) is 8.80. The molecule has 0 amide bonds. The Morgan fingerprint density at radius 1 is 1.57 bits per heavy atom. The van der Waals surface area contributed by atoms with E-state index in [4.69, 9.17) is 11.6 Å². The van der Waals surface area contributed by atoms with Crippen LogP contribution in [0.15, 0.2) is 16.6 Å². The summed E-state index contributed by atoms with van der Waals surface area (Å²) >= 11 is 7.86. The van der Waals surface area contributed by atoms with E-state index in [1.807, 2.05) is 0 Å². The van der Waals surface area contributed by atoms with Gasteiger partial charge >= 0.3 is 0 Å². The molecule has 0 N–H and O–H groups in total. The fourth-order valence-corrected chi connectivity index (χ4v) is 1.56. The van der Waals surface area contributed by atoms with Gasteiger partial charge in [0.1, 0.15) is 11.4 Å². The number of nitro benzene ring substituents is 1. The third-order valence-corrected chi connectivity index (χ3v) is 2.29. The van der Waals surface area contributed by atoms with Gasteiger partial charge in [0.2, 0.25) is 0 Å². The molecule has 0 saturated carbocycles. The van der Waals surface area contributed by atoms with Gasteiger partial charge in [0, 0.05) is 0 Å². The summed E-state index contributed by atoms with van der Waals surface area (Å²) in [6, 6.07) is 2.06. The van der Waals surface area contributed by atoms with Crippen molar-refractivity contribution in [2.24, 2.45) is 0 Å². The molecule has 0 saturated heterocycles. The van der Waals surface area contributed by atoms with Gasteiger partial charge in [0.25, 0.3) is 10.9 Å².